The Morgan fingerprint density at radius 2 is 1.89 bits per heavy atom. The molecular weight excluding hydrogens is 380 g/mol. The highest BCUT2D eigenvalue weighted by atomic mass is 32.2. The van der Waals surface area contributed by atoms with Gasteiger partial charge in [-0.25, -0.2) is 13.1 Å². The van der Waals surface area contributed by atoms with Crippen LogP contribution in [-0.4, -0.2) is 44.6 Å². The van der Waals surface area contributed by atoms with Gasteiger partial charge in [-0.1, -0.05) is 0 Å². The van der Waals surface area contributed by atoms with Crippen molar-refractivity contribution in [1.82, 2.24) is 4.72 Å². The van der Waals surface area contributed by atoms with Crippen LogP contribution in [0.4, 0.5) is 11.4 Å². The van der Waals surface area contributed by atoms with Crippen molar-refractivity contribution >= 4 is 33.2 Å². The molecule has 1 heterocycles. The van der Waals surface area contributed by atoms with Gasteiger partial charge in [0, 0.05) is 30.9 Å². The van der Waals surface area contributed by atoms with Gasteiger partial charge in [0.15, 0.2) is 0 Å². The number of carbonyl (C=O) groups excluding carboxylic acids is 2. The number of unbranched alkanes of at least 4 members (excludes halogenated alkanes) is 1. The minimum atomic E-state index is -3.25. The molecule has 1 fully saturated rings. The van der Waals surface area contributed by atoms with E-state index in [-0.39, 0.29) is 17.9 Å². The van der Waals surface area contributed by atoms with Gasteiger partial charge < -0.3 is 16.0 Å². The van der Waals surface area contributed by atoms with Crippen molar-refractivity contribution in [2.24, 2.45) is 5.73 Å². The van der Waals surface area contributed by atoms with Gasteiger partial charge in [0.05, 0.1) is 5.25 Å². The molecule has 1 aliphatic rings. The normalized spacial score (nSPS) is 17.1. The van der Waals surface area contributed by atoms with E-state index in [9.17, 15) is 18.0 Å². The minimum Gasteiger partial charge on any atom is -0.368 e. The van der Waals surface area contributed by atoms with E-state index >= 15 is 0 Å². The smallest absolute Gasteiger partial charge is 0.240 e. The van der Waals surface area contributed by atoms with Crippen LogP contribution in [0.1, 0.15) is 46.0 Å². The molecule has 8 nitrogen and oxygen atoms in total. The molecule has 0 aromatic heterocycles. The van der Waals surface area contributed by atoms with Crippen molar-refractivity contribution in [1.29, 1.82) is 0 Å². The summed E-state index contributed by atoms with van der Waals surface area (Å²) >= 11 is 0. The largest absolute Gasteiger partial charge is 0.368 e. The van der Waals surface area contributed by atoms with Gasteiger partial charge >= 0.3 is 0 Å². The SMILES string of the molecule is CC(C)S(=O)(=O)NCCCCC(=O)Nc1ccc(N2CCC[C@H]2C(N)=O)cc1. The lowest BCUT2D eigenvalue weighted by atomic mass is 10.2. The lowest BCUT2D eigenvalue weighted by Crippen LogP contribution is -2.40. The molecule has 0 bridgehead atoms. The summed E-state index contributed by atoms with van der Waals surface area (Å²) in [5.74, 6) is -0.429. The number of hydrogen-bond donors (Lipinski definition) is 3. The van der Waals surface area contributed by atoms with Crippen LogP contribution in [0, 0.1) is 0 Å². The molecule has 0 spiro atoms. The molecule has 1 saturated heterocycles. The lowest BCUT2D eigenvalue weighted by Gasteiger charge is -2.24. The summed E-state index contributed by atoms with van der Waals surface area (Å²) in [6, 6.07) is 7.09. The molecule has 1 aliphatic heterocycles. The maximum Gasteiger partial charge on any atom is 0.240 e. The van der Waals surface area contributed by atoms with Crippen molar-refractivity contribution in [2.75, 3.05) is 23.3 Å². The van der Waals surface area contributed by atoms with Crippen LogP contribution in [-0.2, 0) is 19.6 Å². The van der Waals surface area contributed by atoms with E-state index in [1.807, 2.05) is 17.0 Å². The topological polar surface area (TPSA) is 122 Å². The quantitative estimate of drug-likeness (QED) is 0.506. The first kappa shape index (κ1) is 22.2. The number of amides is 2. The van der Waals surface area contributed by atoms with Crippen molar-refractivity contribution in [3.63, 3.8) is 0 Å². The van der Waals surface area contributed by atoms with Gasteiger partial charge in [-0.15, -0.1) is 0 Å². The number of benzene rings is 1. The summed E-state index contributed by atoms with van der Waals surface area (Å²) in [7, 11) is -3.25. The van der Waals surface area contributed by atoms with Crippen LogP contribution in [0.2, 0.25) is 0 Å². The Morgan fingerprint density at radius 3 is 2.50 bits per heavy atom. The van der Waals surface area contributed by atoms with Gasteiger partial charge in [0.1, 0.15) is 6.04 Å². The number of nitrogens with one attached hydrogen (secondary N) is 2. The highest BCUT2D eigenvalue weighted by Gasteiger charge is 2.28. The number of nitrogens with two attached hydrogens (primary N) is 1. The minimum absolute atomic E-state index is 0.115. The van der Waals surface area contributed by atoms with Crippen LogP contribution in [0.25, 0.3) is 0 Å². The highest BCUT2D eigenvalue weighted by molar-refractivity contribution is 7.90. The third-order valence-electron chi connectivity index (χ3n) is 4.82. The summed E-state index contributed by atoms with van der Waals surface area (Å²) in [6.45, 7) is 4.37. The Balaban J connectivity index is 1.75. The fourth-order valence-electron chi connectivity index (χ4n) is 3.12. The number of sulfonamides is 1. The standard InChI is InChI=1S/C19H30N4O4S/c1-14(2)28(26,27)21-12-4-3-7-18(24)22-15-8-10-16(11-9-15)23-13-5-6-17(23)19(20)25/h8-11,14,17,21H,3-7,12-13H2,1-2H3,(H2,20,25)(H,22,24)/t17-/m0/s1. The summed E-state index contributed by atoms with van der Waals surface area (Å²) in [6.07, 6.45) is 3.21. The molecule has 2 rings (SSSR count). The molecule has 0 saturated carbocycles. The first-order valence-electron chi connectivity index (χ1n) is 9.65. The zero-order valence-electron chi connectivity index (χ0n) is 16.5. The van der Waals surface area contributed by atoms with Crippen LogP contribution >= 0.6 is 0 Å². The van der Waals surface area contributed by atoms with E-state index in [1.165, 1.54) is 0 Å². The van der Waals surface area contributed by atoms with Gasteiger partial charge in [0.25, 0.3) is 0 Å². The number of carbonyl (C=O) groups is 2. The van der Waals surface area contributed by atoms with Crippen molar-refractivity contribution in [3.8, 4) is 0 Å². The predicted molar refractivity (Wildman–Crippen MR) is 111 cm³/mol. The summed E-state index contributed by atoms with van der Waals surface area (Å²) in [5, 5.41) is 2.37. The van der Waals surface area contributed by atoms with Gasteiger partial charge in [-0.3, -0.25) is 9.59 Å². The lowest BCUT2D eigenvalue weighted by molar-refractivity contribution is -0.119. The Labute approximate surface area is 166 Å². The zero-order valence-corrected chi connectivity index (χ0v) is 17.3. The Kier molecular flexibility index (Phi) is 7.82. The summed E-state index contributed by atoms with van der Waals surface area (Å²) in [4.78, 5) is 25.6. The fourth-order valence-corrected chi connectivity index (χ4v) is 3.89. The Bertz CT molecular complexity index is 778. The average Bonchev–Trinajstić information content (AvgIpc) is 3.12. The molecule has 4 N–H and O–H groups in total. The number of hydrogen-bond acceptors (Lipinski definition) is 5. The van der Waals surface area contributed by atoms with E-state index in [4.69, 9.17) is 5.73 Å². The molecule has 156 valence electrons. The van der Waals surface area contributed by atoms with Crippen LogP contribution in [0.3, 0.4) is 0 Å². The molecule has 1 atom stereocenters. The van der Waals surface area contributed by atoms with Crippen molar-refractivity contribution in [3.05, 3.63) is 24.3 Å². The van der Waals surface area contributed by atoms with E-state index in [2.05, 4.69) is 10.0 Å². The Morgan fingerprint density at radius 1 is 1.21 bits per heavy atom. The summed E-state index contributed by atoms with van der Waals surface area (Å²) < 4.78 is 25.8. The van der Waals surface area contributed by atoms with Crippen molar-refractivity contribution in [2.45, 2.75) is 57.2 Å². The zero-order chi connectivity index (χ0) is 20.7. The second kappa shape index (κ2) is 9.88. The molecule has 1 aromatic carbocycles. The first-order chi connectivity index (χ1) is 13.2. The molecule has 28 heavy (non-hydrogen) atoms. The predicted octanol–water partition coefficient (Wildman–Crippen LogP) is 1.58. The molecule has 1 aromatic rings. The number of anilines is 2. The number of nitrogens with zero attached hydrogens (tertiary/aromatic N) is 1. The van der Waals surface area contributed by atoms with Gasteiger partial charge in [-0.05, 0) is 63.8 Å². The summed E-state index contributed by atoms with van der Waals surface area (Å²) in [5.41, 5.74) is 7.05. The molecule has 0 unspecified atom stereocenters. The molecule has 0 radical (unpaired) electrons. The number of primary amides is 1. The molecule has 2 amide bonds. The fraction of sp³-hybridized carbons (Fsp3) is 0.579. The van der Waals surface area contributed by atoms with Gasteiger partial charge in [0.2, 0.25) is 21.8 Å². The maximum absolute atomic E-state index is 12.0. The average molecular weight is 411 g/mol. The van der Waals surface area contributed by atoms with E-state index in [0.717, 1.165) is 25.1 Å². The van der Waals surface area contributed by atoms with Crippen molar-refractivity contribution < 1.29 is 18.0 Å². The van der Waals surface area contributed by atoms with Crippen LogP contribution in [0.15, 0.2) is 24.3 Å². The second-order valence-corrected chi connectivity index (χ2v) is 9.62. The number of rotatable bonds is 10. The molecule has 9 heteroatoms. The highest BCUT2D eigenvalue weighted by Crippen LogP contribution is 2.26. The van der Waals surface area contributed by atoms with Crippen LogP contribution < -0.4 is 20.7 Å². The third kappa shape index (κ3) is 6.20. The first-order valence-corrected chi connectivity index (χ1v) is 11.2. The Hall–Kier alpha value is -2.13. The monoisotopic (exact) mass is 410 g/mol. The van der Waals surface area contributed by atoms with E-state index < -0.39 is 15.3 Å². The maximum atomic E-state index is 12.0. The van der Waals surface area contributed by atoms with Gasteiger partial charge in [-0.2, -0.15) is 0 Å². The third-order valence-corrected chi connectivity index (χ3v) is 6.67. The van der Waals surface area contributed by atoms with E-state index in [1.54, 1.807) is 26.0 Å². The molecular formula is C19H30N4O4S. The second-order valence-electron chi connectivity index (χ2n) is 7.29. The molecule has 0 aliphatic carbocycles. The van der Waals surface area contributed by atoms with E-state index in [0.29, 0.717) is 31.5 Å². The van der Waals surface area contributed by atoms with Crippen LogP contribution in [0.5, 0.6) is 0 Å².